The molecule has 0 aliphatic carbocycles. The number of carbonyl (C=O) groups excluding carboxylic acids is 1. The van der Waals surface area contributed by atoms with Crippen LogP contribution in [0.2, 0.25) is 5.02 Å². The molecule has 6 nitrogen and oxygen atoms in total. The molecule has 1 amide bonds. The summed E-state index contributed by atoms with van der Waals surface area (Å²) in [5.74, 6) is -0.211. The van der Waals surface area contributed by atoms with E-state index in [4.69, 9.17) is 17.3 Å². The number of aryl methyl sites for hydroxylation is 1. The summed E-state index contributed by atoms with van der Waals surface area (Å²) < 4.78 is 28.1. The number of carbonyl (C=O) groups is 1. The second-order valence-electron chi connectivity index (χ2n) is 6.40. The molecule has 2 aromatic rings. The largest absolute Gasteiger partial charge is 0.337 e. The second-order valence-corrected chi connectivity index (χ2v) is 8.48. The number of anilines is 1. The van der Waals surface area contributed by atoms with Crippen LogP contribution in [0, 0.1) is 6.92 Å². The lowest BCUT2D eigenvalue weighted by Crippen LogP contribution is -2.32. The first-order valence-corrected chi connectivity index (χ1v) is 10.1. The Labute approximate surface area is 158 Å². The number of hydrogen-bond donors (Lipinski definition) is 2. The maximum absolute atomic E-state index is 12.8. The molecule has 0 aromatic heterocycles. The minimum Gasteiger partial charge on any atom is -0.337 e. The Hall–Kier alpha value is -2.09. The van der Waals surface area contributed by atoms with Crippen molar-refractivity contribution in [1.82, 2.24) is 4.90 Å². The van der Waals surface area contributed by atoms with Crippen molar-refractivity contribution in [1.29, 1.82) is 0 Å². The van der Waals surface area contributed by atoms with E-state index in [2.05, 4.69) is 4.72 Å². The fourth-order valence-corrected chi connectivity index (χ4v) is 4.45. The Morgan fingerprint density at radius 2 is 2.04 bits per heavy atom. The molecule has 0 bridgehead atoms. The minimum absolute atomic E-state index is 0.0305. The summed E-state index contributed by atoms with van der Waals surface area (Å²) in [6.45, 7) is 2.75. The van der Waals surface area contributed by atoms with Gasteiger partial charge in [-0.25, -0.2) is 8.42 Å². The van der Waals surface area contributed by atoms with Crippen LogP contribution < -0.4 is 10.5 Å². The molecule has 1 heterocycles. The zero-order chi connectivity index (χ0) is 18.9. The number of amides is 1. The Morgan fingerprint density at radius 3 is 2.69 bits per heavy atom. The SMILES string of the molecule is Cc1ccc(C(=O)N2CC[C@@H](N)C2)cc1S(=O)(=O)Nc1cccc(Cl)c1. The minimum atomic E-state index is -3.86. The third-order valence-electron chi connectivity index (χ3n) is 4.31. The first-order valence-electron chi connectivity index (χ1n) is 8.20. The van der Waals surface area contributed by atoms with Crippen LogP contribution in [0.25, 0.3) is 0 Å². The normalized spacial score (nSPS) is 17.3. The molecule has 3 N–H and O–H groups in total. The highest BCUT2D eigenvalue weighted by atomic mass is 35.5. The van der Waals surface area contributed by atoms with Crippen molar-refractivity contribution < 1.29 is 13.2 Å². The van der Waals surface area contributed by atoms with Gasteiger partial charge >= 0.3 is 0 Å². The highest BCUT2D eigenvalue weighted by Crippen LogP contribution is 2.23. The Kier molecular flexibility index (Phi) is 5.22. The van der Waals surface area contributed by atoms with E-state index in [1.54, 1.807) is 42.2 Å². The fraction of sp³-hybridized carbons (Fsp3) is 0.278. The molecule has 0 radical (unpaired) electrons. The lowest BCUT2D eigenvalue weighted by molar-refractivity contribution is 0.0790. The number of nitrogens with two attached hydrogens (primary N) is 1. The number of likely N-dealkylation sites (tertiary alicyclic amines) is 1. The standard InChI is InChI=1S/C18H20ClN3O3S/c1-12-5-6-13(18(23)22-8-7-15(20)11-22)9-17(12)26(24,25)21-16-4-2-3-14(19)10-16/h2-6,9-10,15,21H,7-8,11,20H2,1H3/t15-/m1/s1. The van der Waals surface area contributed by atoms with E-state index >= 15 is 0 Å². The van der Waals surface area contributed by atoms with Gasteiger partial charge in [0, 0.05) is 29.7 Å². The Morgan fingerprint density at radius 1 is 1.27 bits per heavy atom. The smallest absolute Gasteiger partial charge is 0.262 e. The van der Waals surface area contributed by atoms with Gasteiger partial charge in [-0.15, -0.1) is 0 Å². The Balaban J connectivity index is 1.90. The number of hydrogen-bond acceptors (Lipinski definition) is 4. The van der Waals surface area contributed by atoms with E-state index in [1.807, 2.05) is 0 Å². The average molecular weight is 394 g/mol. The molecule has 1 fully saturated rings. The van der Waals surface area contributed by atoms with Gasteiger partial charge in [0.2, 0.25) is 0 Å². The van der Waals surface area contributed by atoms with Gasteiger partial charge in [-0.2, -0.15) is 0 Å². The molecule has 26 heavy (non-hydrogen) atoms. The molecule has 1 saturated heterocycles. The molecule has 0 spiro atoms. The summed E-state index contributed by atoms with van der Waals surface area (Å²) in [5.41, 5.74) is 7.09. The van der Waals surface area contributed by atoms with E-state index < -0.39 is 10.0 Å². The molecule has 0 saturated carbocycles. The maximum atomic E-state index is 12.8. The van der Waals surface area contributed by atoms with Crippen molar-refractivity contribution in [2.45, 2.75) is 24.3 Å². The maximum Gasteiger partial charge on any atom is 0.262 e. The van der Waals surface area contributed by atoms with E-state index in [9.17, 15) is 13.2 Å². The van der Waals surface area contributed by atoms with E-state index in [1.165, 1.54) is 12.1 Å². The lowest BCUT2D eigenvalue weighted by Gasteiger charge is -2.17. The monoisotopic (exact) mass is 393 g/mol. The van der Waals surface area contributed by atoms with Gasteiger partial charge in [0.25, 0.3) is 15.9 Å². The molecule has 8 heteroatoms. The summed E-state index contributed by atoms with van der Waals surface area (Å²) >= 11 is 5.91. The number of nitrogens with one attached hydrogen (secondary N) is 1. The fourth-order valence-electron chi connectivity index (χ4n) is 2.94. The van der Waals surface area contributed by atoms with Gasteiger partial charge in [-0.05, 0) is 49.2 Å². The predicted octanol–water partition coefficient (Wildman–Crippen LogP) is 2.62. The van der Waals surface area contributed by atoms with Crippen LogP contribution in [-0.4, -0.2) is 38.4 Å². The number of benzene rings is 2. The first kappa shape index (κ1) is 18.7. The van der Waals surface area contributed by atoms with Gasteiger partial charge in [-0.1, -0.05) is 23.7 Å². The van der Waals surface area contributed by atoms with Crippen molar-refractivity contribution >= 4 is 33.2 Å². The zero-order valence-electron chi connectivity index (χ0n) is 14.3. The quantitative estimate of drug-likeness (QED) is 0.835. The summed E-state index contributed by atoms with van der Waals surface area (Å²) in [4.78, 5) is 14.3. The van der Waals surface area contributed by atoms with Crippen LogP contribution in [0.15, 0.2) is 47.4 Å². The van der Waals surface area contributed by atoms with Crippen molar-refractivity contribution in [2.24, 2.45) is 5.73 Å². The van der Waals surface area contributed by atoms with E-state index in [-0.39, 0.29) is 16.8 Å². The zero-order valence-corrected chi connectivity index (χ0v) is 15.8. The van der Waals surface area contributed by atoms with Crippen LogP contribution in [-0.2, 0) is 10.0 Å². The molecule has 0 unspecified atom stereocenters. The summed E-state index contributed by atoms with van der Waals surface area (Å²) in [7, 11) is -3.86. The molecular weight excluding hydrogens is 374 g/mol. The van der Waals surface area contributed by atoms with Crippen LogP contribution in [0.4, 0.5) is 5.69 Å². The topological polar surface area (TPSA) is 92.5 Å². The van der Waals surface area contributed by atoms with Crippen LogP contribution in [0.3, 0.4) is 0 Å². The lowest BCUT2D eigenvalue weighted by atomic mass is 10.1. The van der Waals surface area contributed by atoms with Gasteiger partial charge < -0.3 is 10.6 Å². The molecule has 1 atom stereocenters. The number of halogens is 1. The van der Waals surface area contributed by atoms with Gasteiger partial charge in [0.05, 0.1) is 10.6 Å². The highest BCUT2D eigenvalue weighted by Gasteiger charge is 2.26. The van der Waals surface area contributed by atoms with Crippen LogP contribution in [0.1, 0.15) is 22.3 Å². The number of nitrogens with zero attached hydrogens (tertiary/aromatic N) is 1. The molecule has 138 valence electrons. The van der Waals surface area contributed by atoms with Gasteiger partial charge in [0.15, 0.2) is 0 Å². The van der Waals surface area contributed by atoms with Crippen molar-refractivity contribution in [2.75, 3.05) is 17.8 Å². The molecule has 3 rings (SSSR count). The highest BCUT2D eigenvalue weighted by molar-refractivity contribution is 7.92. The predicted molar refractivity (Wildman–Crippen MR) is 102 cm³/mol. The summed E-state index contributed by atoms with van der Waals surface area (Å²) in [5, 5.41) is 0.427. The molecular formula is C18H20ClN3O3S. The van der Waals surface area contributed by atoms with E-state index in [0.29, 0.717) is 34.9 Å². The number of rotatable bonds is 4. The summed E-state index contributed by atoms with van der Waals surface area (Å²) in [6.07, 6.45) is 0.749. The third-order valence-corrected chi connectivity index (χ3v) is 6.07. The third kappa shape index (κ3) is 4.00. The average Bonchev–Trinajstić information content (AvgIpc) is 3.00. The molecule has 1 aliphatic heterocycles. The molecule has 2 aromatic carbocycles. The van der Waals surface area contributed by atoms with Crippen LogP contribution in [0.5, 0.6) is 0 Å². The van der Waals surface area contributed by atoms with Gasteiger partial charge in [0.1, 0.15) is 0 Å². The van der Waals surface area contributed by atoms with Gasteiger partial charge in [-0.3, -0.25) is 9.52 Å². The molecule has 1 aliphatic rings. The van der Waals surface area contributed by atoms with Crippen molar-refractivity contribution in [3.8, 4) is 0 Å². The number of sulfonamides is 1. The van der Waals surface area contributed by atoms with Crippen molar-refractivity contribution in [3.05, 3.63) is 58.6 Å². The first-order chi connectivity index (χ1) is 12.3. The summed E-state index contributed by atoms with van der Waals surface area (Å²) in [6, 6.07) is 11.1. The van der Waals surface area contributed by atoms with Crippen molar-refractivity contribution in [3.63, 3.8) is 0 Å². The van der Waals surface area contributed by atoms with Crippen LogP contribution >= 0.6 is 11.6 Å². The van der Waals surface area contributed by atoms with E-state index in [0.717, 1.165) is 6.42 Å². The second kappa shape index (κ2) is 7.26. The Bertz CT molecular complexity index is 946.